The number of carbonyl (C=O) groups is 2. The van der Waals surface area contributed by atoms with Crippen LogP contribution in [0, 0.1) is 18.3 Å². The lowest BCUT2D eigenvalue weighted by Crippen LogP contribution is -2.39. The van der Waals surface area contributed by atoms with E-state index in [0.29, 0.717) is 5.56 Å². The highest BCUT2D eigenvalue weighted by Gasteiger charge is 2.46. The Labute approximate surface area is 143 Å². The lowest BCUT2D eigenvalue weighted by atomic mass is 9.66. The summed E-state index contributed by atoms with van der Waals surface area (Å²) in [5.41, 5.74) is -0.769. The molecule has 1 unspecified atom stereocenters. The van der Waals surface area contributed by atoms with E-state index >= 15 is 0 Å². The Hall–Kier alpha value is -3.02. The van der Waals surface area contributed by atoms with Crippen molar-refractivity contribution in [1.29, 1.82) is 0 Å². The normalized spacial score (nSPS) is 17.2. The smallest absolute Gasteiger partial charge is 0.179 e. The fraction of sp³-hybridized carbons (Fsp3) is 0.263. The maximum Gasteiger partial charge on any atom is 0.179 e. The van der Waals surface area contributed by atoms with E-state index in [1.165, 1.54) is 12.1 Å². The first kappa shape index (κ1) is 16.8. The molecule has 0 aromatic heterocycles. The van der Waals surface area contributed by atoms with E-state index in [1.54, 1.807) is 20.8 Å². The average molecular weight is 341 g/mol. The maximum absolute atomic E-state index is 13.1. The van der Waals surface area contributed by atoms with Crippen LogP contribution < -0.4 is 5.11 Å². The number of aromatic hydroxyl groups is 3. The van der Waals surface area contributed by atoms with Crippen molar-refractivity contribution in [3.05, 3.63) is 35.4 Å². The molecule has 2 aromatic carbocycles. The Morgan fingerprint density at radius 1 is 1.08 bits per heavy atom. The van der Waals surface area contributed by atoms with Gasteiger partial charge in [0.1, 0.15) is 5.75 Å². The number of aryl methyl sites for hydroxylation is 1. The molecular weight excluding hydrogens is 324 g/mol. The number of carbonyl (C=O) groups excluding carboxylic acids is 2. The van der Waals surface area contributed by atoms with E-state index in [1.807, 2.05) is 0 Å². The Morgan fingerprint density at radius 2 is 1.64 bits per heavy atom. The third-order valence-corrected chi connectivity index (χ3v) is 4.94. The van der Waals surface area contributed by atoms with Gasteiger partial charge in [0.15, 0.2) is 23.1 Å². The summed E-state index contributed by atoms with van der Waals surface area (Å²) >= 11 is 0. The highest BCUT2D eigenvalue weighted by Crippen LogP contribution is 2.52. The number of phenolic OH excluding ortho intramolecular Hbond substituents is 3. The molecule has 0 saturated carbocycles. The summed E-state index contributed by atoms with van der Waals surface area (Å²) in [4.78, 5) is 26.1. The van der Waals surface area contributed by atoms with E-state index in [4.69, 9.17) is 0 Å². The molecule has 3 rings (SSSR count). The minimum Gasteiger partial charge on any atom is -0.869 e. The van der Waals surface area contributed by atoms with E-state index in [9.17, 15) is 30.0 Å². The molecule has 130 valence electrons. The SMILES string of the molecule is C=CC(C)(C)C1C(=O)c2c(C)cc(O)c3c([O-])c(O)c(O)c(c23)C1=O. The molecule has 2 aromatic rings. The topological polar surface area (TPSA) is 118 Å². The third-order valence-electron chi connectivity index (χ3n) is 4.94. The minimum absolute atomic E-state index is 0.0923. The van der Waals surface area contributed by atoms with Gasteiger partial charge < -0.3 is 20.4 Å². The van der Waals surface area contributed by atoms with Gasteiger partial charge in [-0.15, -0.1) is 6.58 Å². The van der Waals surface area contributed by atoms with Gasteiger partial charge in [0.25, 0.3) is 0 Å². The second kappa shape index (κ2) is 4.99. The van der Waals surface area contributed by atoms with Crippen LogP contribution in [0.1, 0.15) is 40.1 Å². The van der Waals surface area contributed by atoms with Crippen molar-refractivity contribution in [3.8, 4) is 23.0 Å². The van der Waals surface area contributed by atoms with Crippen LogP contribution in [-0.2, 0) is 0 Å². The molecule has 0 aliphatic heterocycles. The van der Waals surface area contributed by atoms with Crippen molar-refractivity contribution >= 4 is 22.3 Å². The van der Waals surface area contributed by atoms with Gasteiger partial charge in [-0.3, -0.25) is 9.59 Å². The third kappa shape index (κ3) is 1.97. The van der Waals surface area contributed by atoms with Gasteiger partial charge >= 0.3 is 0 Å². The van der Waals surface area contributed by atoms with Gasteiger partial charge in [-0.2, -0.15) is 0 Å². The molecule has 0 saturated heterocycles. The summed E-state index contributed by atoms with van der Waals surface area (Å²) in [6.07, 6.45) is 1.48. The molecule has 1 atom stereocenters. The summed E-state index contributed by atoms with van der Waals surface area (Å²) in [6.45, 7) is 8.56. The monoisotopic (exact) mass is 341 g/mol. The molecule has 25 heavy (non-hydrogen) atoms. The van der Waals surface area contributed by atoms with Crippen LogP contribution in [0.15, 0.2) is 18.7 Å². The highest BCUT2D eigenvalue weighted by molar-refractivity contribution is 6.32. The van der Waals surface area contributed by atoms with Crippen LogP contribution >= 0.6 is 0 Å². The second-order valence-electron chi connectivity index (χ2n) is 6.93. The second-order valence-corrected chi connectivity index (χ2v) is 6.93. The Kier molecular flexibility index (Phi) is 3.36. The zero-order chi connectivity index (χ0) is 18.8. The lowest BCUT2D eigenvalue weighted by molar-refractivity contribution is -0.267. The summed E-state index contributed by atoms with van der Waals surface area (Å²) in [5.74, 6) is -5.76. The molecule has 6 heteroatoms. The van der Waals surface area contributed by atoms with Crippen LogP contribution in [0.5, 0.6) is 23.0 Å². The van der Waals surface area contributed by atoms with Crippen molar-refractivity contribution in [3.63, 3.8) is 0 Å². The quantitative estimate of drug-likeness (QED) is 0.439. The van der Waals surface area contributed by atoms with Gasteiger partial charge in [0.2, 0.25) is 0 Å². The van der Waals surface area contributed by atoms with Gasteiger partial charge in [0.05, 0.1) is 11.5 Å². The van der Waals surface area contributed by atoms with E-state index in [-0.39, 0.29) is 21.9 Å². The molecule has 1 aliphatic rings. The number of ketones is 2. The number of allylic oxidation sites excluding steroid dienone is 1. The summed E-state index contributed by atoms with van der Waals surface area (Å²) in [7, 11) is 0. The number of hydrogen-bond donors (Lipinski definition) is 3. The average Bonchev–Trinajstić information content (AvgIpc) is 2.51. The maximum atomic E-state index is 13.1. The van der Waals surface area contributed by atoms with Gasteiger partial charge in [-0.25, -0.2) is 0 Å². The number of rotatable bonds is 2. The zero-order valence-electron chi connectivity index (χ0n) is 14.0. The summed E-state index contributed by atoms with van der Waals surface area (Å²) in [6, 6.07) is 1.24. The van der Waals surface area contributed by atoms with Crippen LogP contribution in [0.4, 0.5) is 0 Å². The highest BCUT2D eigenvalue weighted by atomic mass is 16.3. The fourth-order valence-electron chi connectivity index (χ4n) is 3.50. The van der Waals surface area contributed by atoms with Crippen LogP contribution in [-0.4, -0.2) is 26.9 Å². The molecule has 0 heterocycles. The van der Waals surface area contributed by atoms with Gasteiger partial charge in [-0.1, -0.05) is 19.9 Å². The molecule has 3 N–H and O–H groups in total. The van der Waals surface area contributed by atoms with E-state index < -0.39 is 45.9 Å². The first-order valence-electron chi connectivity index (χ1n) is 7.67. The summed E-state index contributed by atoms with van der Waals surface area (Å²) < 4.78 is 0. The number of benzene rings is 2. The molecule has 0 radical (unpaired) electrons. The first-order chi connectivity index (χ1) is 11.5. The molecule has 0 bridgehead atoms. The Morgan fingerprint density at radius 3 is 2.20 bits per heavy atom. The van der Waals surface area contributed by atoms with Crippen molar-refractivity contribution in [1.82, 2.24) is 0 Å². The van der Waals surface area contributed by atoms with Gasteiger partial charge in [-0.05, 0) is 29.7 Å². The standard InChI is InChI=1S/C19H18O6/c1-5-19(3,4)13-14(21)9-7(2)6-8(20)10-11(9)12(15(13)22)17(24)18(25)16(10)23/h5-6,13,20,23-25H,1H2,2-4H3/p-1. The van der Waals surface area contributed by atoms with Crippen LogP contribution in [0.3, 0.4) is 0 Å². The number of hydrogen-bond acceptors (Lipinski definition) is 6. The van der Waals surface area contributed by atoms with E-state index in [2.05, 4.69) is 6.58 Å². The molecule has 1 aliphatic carbocycles. The molecular formula is C19H17O6-. The number of Topliss-reactive ketones (excluding diaryl/α,β-unsaturated/α-hetero) is 2. The molecule has 0 amide bonds. The fourth-order valence-corrected chi connectivity index (χ4v) is 3.50. The minimum atomic E-state index is -1.16. The van der Waals surface area contributed by atoms with E-state index in [0.717, 1.165) is 0 Å². The van der Waals surface area contributed by atoms with Crippen LogP contribution in [0.25, 0.3) is 10.8 Å². The molecule has 6 nitrogen and oxygen atoms in total. The predicted octanol–water partition coefficient (Wildman–Crippen LogP) is 2.55. The molecule has 0 spiro atoms. The molecule has 0 fully saturated rings. The summed E-state index contributed by atoms with van der Waals surface area (Å²) in [5, 5.41) is 42.1. The van der Waals surface area contributed by atoms with Gasteiger partial charge in [0, 0.05) is 16.3 Å². The Balaban J connectivity index is 2.58. The first-order valence-corrected chi connectivity index (χ1v) is 7.67. The predicted molar refractivity (Wildman–Crippen MR) is 89.3 cm³/mol. The number of phenols is 3. The van der Waals surface area contributed by atoms with Crippen molar-refractivity contribution in [2.45, 2.75) is 20.8 Å². The Bertz CT molecular complexity index is 984. The lowest BCUT2D eigenvalue weighted by Gasteiger charge is -2.34. The van der Waals surface area contributed by atoms with Crippen molar-refractivity contribution in [2.24, 2.45) is 11.3 Å². The largest absolute Gasteiger partial charge is 0.869 e. The van der Waals surface area contributed by atoms with Crippen molar-refractivity contribution in [2.75, 3.05) is 0 Å². The zero-order valence-corrected chi connectivity index (χ0v) is 14.0. The van der Waals surface area contributed by atoms with Crippen molar-refractivity contribution < 1.29 is 30.0 Å². The van der Waals surface area contributed by atoms with Crippen LogP contribution in [0.2, 0.25) is 0 Å².